The maximum atomic E-state index is 13.5. The van der Waals surface area contributed by atoms with Gasteiger partial charge >= 0.3 is 0 Å². The largest absolute Gasteiger partial charge is 0.363 e. The Labute approximate surface area is 127 Å². The highest BCUT2D eigenvalue weighted by Gasteiger charge is 2.10. The average molecular weight is 306 g/mol. The Morgan fingerprint density at radius 3 is 2.73 bits per heavy atom. The van der Waals surface area contributed by atoms with E-state index in [1.54, 1.807) is 12.3 Å². The second kappa shape index (κ2) is 6.93. The predicted octanol–water partition coefficient (Wildman–Crippen LogP) is 1.68. The normalized spacial score (nSPS) is 10.4. The number of hydrogen-bond donors (Lipinski definition) is 1. The third-order valence-electron chi connectivity index (χ3n) is 2.96. The topological polar surface area (TPSA) is 58.1 Å². The van der Waals surface area contributed by atoms with Gasteiger partial charge in [0, 0.05) is 26.4 Å². The molecule has 0 unspecified atom stereocenters. The minimum atomic E-state index is -0.735. The molecule has 0 atom stereocenters. The second-order valence-electron chi connectivity index (χ2n) is 4.91. The van der Waals surface area contributed by atoms with Crippen molar-refractivity contribution >= 4 is 11.7 Å². The Balaban J connectivity index is 1.94. The molecule has 7 heteroatoms. The molecule has 0 fully saturated rings. The van der Waals surface area contributed by atoms with Crippen LogP contribution in [0.25, 0.3) is 0 Å². The Hall–Kier alpha value is -2.57. The summed E-state index contributed by atoms with van der Waals surface area (Å²) < 4.78 is 26.3. The van der Waals surface area contributed by atoms with E-state index in [0.717, 1.165) is 18.0 Å². The molecule has 5 nitrogen and oxygen atoms in total. The molecule has 0 aliphatic heterocycles. The molecular formula is C15H16F2N4O. The molecule has 0 spiro atoms. The average Bonchev–Trinajstić information content (AvgIpc) is 2.48. The van der Waals surface area contributed by atoms with Crippen LogP contribution in [0.5, 0.6) is 0 Å². The molecule has 0 aliphatic carbocycles. The highest BCUT2D eigenvalue weighted by Crippen LogP contribution is 2.10. The lowest BCUT2D eigenvalue weighted by atomic mass is 10.1. The number of aromatic nitrogens is 2. The minimum absolute atomic E-state index is 0.141. The van der Waals surface area contributed by atoms with E-state index in [0.29, 0.717) is 5.82 Å². The lowest BCUT2D eigenvalue weighted by molar-refractivity contribution is -0.120. The maximum Gasteiger partial charge on any atom is 0.224 e. The van der Waals surface area contributed by atoms with E-state index >= 15 is 0 Å². The van der Waals surface area contributed by atoms with Gasteiger partial charge in [-0.15, -0.1) is 0 Å². The van der Waals surface area contributed by atoms with Crippen molar-refractivity contribution in [1.82, 2.24) is 15.3 Å². The molecule has 1 heterocycles. The van der Waals surface area contributed by atoms with Crippen molar-refractivity contribution in [2.75, 3.05) is 19.0 Å². The number of nitrogens with one attached hydrogen (secondary N) is 1. The standard InChI is InChI=1S/C15H16F2N4O/c1-21(2)14-5-6-18-13(20-14)9-19-15(22)7-10-3-4-11(16)8-12(10)17/h3-6,8H,7,9H2,1-2H3,(H,19,22). The fourth-order valence-corrected chi connectivity index (χ4v) is 1.80. The monoisotopic (exact) mass is 306 g/mol. The van der Waals surface area contributed by atoms with E-state index in [2.05, 4.69) is 15.3 Å². The molecule has 1 N–H and O–H groups in total. The zero-order valence-corrected chi connectivity index (χ0v) is 12.3. The van der Waals surface area contributed by atoms with Crippen molar-refractivity contribution in [2.45, 2.75) is 13.0 Å². The molecule has 2 aromatic rings. The van der Waals surface area contributed by atoms with E-state index in [4.69, 9.17) is 0 Å². The second-order valence-corrected chi connectivity index (χ2v) is 4.91. The third kappa shape index (κ3) is 4.21. The summed E-state index contributed by atoms with van der Waals surface area (Å²) in [5.41, 5.74) is 0.141. The molecule has 0 saturated heterocycles. The summed E-state index contributed by atoms with van der Waals surface area (Å²) in [5.74, 6) is -0.608. The number of halogens is 2. The predicted molar refractivity (Wildman–Crippen MR) is 78.3 cm³/mol. The number of amides is 1. The van der Waals surface area contributed by atoms with Gasteiger partial charge in [-0.05, 0) is 17.7 Å². The van der Waals surface area contributed by atoms with Crippen LogP contribution in [0.1, 0.15) is 11.4 Å². The van der Waals surface area contributed by atoms with Crippen molar-refractivity contribution in [2.24, 2.45) is 0 Å². The summed E-state index contributed by atoms with van der Waals surface area (Å²) in [6.07, 6.45) is 1.43. The van der Waals surface area contributed by atoms with Crippen LogP contribution in [-0.2, 0) is 17.8 Å². The van der Waals surface area contributed by atoms with Gasteiger partial charge in [-0.2, -0.15) is 0 Å². The number of carbonyl (C=O) groups is 1. The first-order valence-electron chi connectivity index (χ1n) is 6.65. The molecule has 1 aromatic carbocycles. The van der Waals surface area contributed by atoms with E-state index < -0.39 is 11.6 Å². The highest BCUT2D eigenvalue weighted by molar-refractivity contribution is 5.78. The molecule has 0 radical (unpaired) electrons. The Morgan fingerprint density at radius 2 is 2.05 bits per heavy atom. The molecule has 0 bridgehead atoms. The van der Waals surface area contributed by atoms with E-state index in [9.17, 15) is 13.6 Å². The van der Waals surface area contributed by atoms with Crippen LogP contribution in [-0.4, -0.2) is 30.0 Å². The van der Waals surface area contributed by atoms with Gasteiger partial charge in [0.05, 0.1) is 13.0 Å². The van der Waals surface area contributed by atoms with Gasteiger partial charge in [0.2, 0.25) is 5.91 Å². The van der Waals surface area contributed by atoms with Crippen LogP contribution in [0, 0.1) is 11.6 Å². The van der Waals surface area contributed by atoms with Crippen LogP contribution < -0.4 is 10.2 Å². The molecule has 2 rings (SSSR count). The van der Waals surface area contributed by atoms with Crippen LogP contribution >= 0.6 is 0 Å². The zero-order chi connectivity index (χ0) is 16.1. The van der Waals surface area contributed by atoms with Crippen LogP contribution in [0.15, 0.2) is 30.5 Å². The third-order valence-corrected chi connectivity index (χ3v) is 2.96. The molecule has 0 aliphatic rings. The van der Waals surface area contributed by atoms with Crippen LogP contribution in [0.2, 0.25) is 0 Å². The maximum absolute atomic E-state index is 13.5. The molecular weight excluding hydrogens is 290 g/mol. The van der Waals surface area contributed by atoms with Gasteiger partial charge in [0.25, 0.3) is 0 Å². The first-order chi connectivity index (χ1) is 10.5. The van der Waals surface area contributed by atoms with Crippen molar-refractivity contribution in [3.05, 3.63) is 53.5 Å². The summed E-state index contributed by atoms with van der Waals surface area (Å²) in [6.45, 7) is 0.142. The first kappa shape index (κ1) is 15.8. The zero-order valence-electron chi connectivity index (χ0n) is 12.3. The van der Waals surface area contributed by atoms with Gasteiger partial charge in [-0.3, -0.25) is 4.79 Å². The van der Waals surface area contributed by atoms with E-state index in [1.165, 1.54) is 6.07 Å². The summed E-state index contributed by atoms with van der Waals surface area (Å²) in [7, 11) is 3.70. The van der Waals surface area contributed by atoms with Gasteiger partial charge in [0.1, 0.15) is 23.3 Å². The summed E-state index contributed by atoms with van der Waals surface area (Å²) in [6, 6.07) is 4.88. The van der Waals surface area contributed by atoms with Crippen LogP contribution in [0.4, 0.5) is 14.6 Å². The number of carbonyl (C=O) groups excluding carboxylic acids is 1. The fraction of sp³-hybridized carbons (Fsp3) is 0.267. The Bertz CT molecular complexity index is 676. The summed E-state index contributed by atoms with van der Waals surface area (Å²) in [4.78, 5) is 21.9. The number of hydrogen-bond acceptors (Lipinski definition) is 4. The van der Waals surface area contributed by atoms with Crippen LogP contribution in [0.3, 0.4) is 0 Å². The molecule has 1 aromatic heterocycles. The lowest BCUT2D eigenvalue weighted by Crippen LogP contribution is -2.26. The van der Waals surface area contributed by atoms with Crippen molar-refractivity contribution in [3.8, 4) is 0 Å². The number of nitrogens with zero attached hydrogens (tertiary/aromatic N) is 3. The van der Waals surface area contributed by atoms with E-state index in [1.807, 2.05) is 19.0 Å². The number of anilines is 1. The number of rotatable bonds is 5. The SMILES string of the molecule is CN(C)c1ccnc(CNC(=O)Cc2ccc(F)cc2F)n1. The van der Waals surface area contributed by atoms with E-state index in [-0.39, 0.29) is 24.4 Å². The molecule has 116 valence electrons. The van der Waals surface area contributed by atoms with Crippen molar-refractivity contribution < 1.29 is 13.6 Å². The highest BCUT2D eigenvalue weighted by atomic mass is 19.1. The Kier molecular flexibility index (Phi) is 4.98. The molecule has 0 saturated carbocycles. The van der Waals surface area contributed by atoms with Gasteiger partial charge in [-0.25, -0.2) is 18.7 Å². The van der Waals surface area contributed by atoms with Crippen molar-refractivity contribution in [3.63, 3.8) is 0 Å². The minimum Gasteiger partial charge on any atom is -0.363 e. The fourth-order valence-electron chi connectivity index (χ4n) is 1.80. The quantitative estimate of drug-likeness (QED) is 0.913. The summed E-state index contributed by atoms with van der Waals surface area (Å²) >= 11 is 0. The first-order valence-corrected chi connectivity index (χ1v) is 6.65. The Morgan fingerprint density at radius 1 is 1.27 bits per heavy atom. The van der Waals surface area contributed by atoms with Crippen molar-refractivity contribution in [1.29, 1.82) is 0 Å². The van der Waals surface area contributed by atoms with Gasteiger partial charge in [0.15, 0.2) is 0 Å². The molecule has 22 heavy (non-hydrogen) atoms. The summed E-state index contributed by atoms with van der Waals surface area (Å²) in [5, 5.41) is 2.61. The lowest BCUT2D eigenvalue weighted by Gasteiger charge is -2.12. The van der Waals surface area contributed by atoms with Gasteiger partial charge in [-0.1, -0.05) is 6.07 Å². The number of benzene rings is 1. The smallest absolute Gasteiger partial charge is 0.224 e. The van der Waals surface area contributed by atoms with Gasteiger partial charge < -0.3 is 10.2 Å². The molecule has 1 amide bonds.